The zero-order valence-electron chi connectivity index (χ0n) is 19.0. The van der Waals surface area contributed by atoms with E-state index in [1.165, 1.54) is 48.9 Å². The summed E-state index contributed by atoms with van der Waals surface area (Å²) in [5.41, 5.74) is 4.31. The number of hydrogen-bond donors (Lipinski definition) is 2. The zero-order valence-corrected chi connectivity index (χ0v) is 19.0. The summed E-state index contributed by atoms with van der Waals surface area (Å²) in [6.07, 6.45) is 9.54. The van der Waals surface area contributed by atoms with E-state index < -0.39 is 0 Å². The number of aliphatic hydroxyl groups is 1. The summed E-state index contributed by atoms with van der Waals surface area (Å²) in [4.78, 5) is 1.57. The van der Waals surface area contributed by atoms with Crippen LogP contribution in [0.3, 0.4) is 0 Å². The SMILES string of the molecule is CC[C@H](O)C[NH+](Cc1cccn1Cc1ccc(C(C)(C)C)cc1)C1CCCCC1. The second-order valence-corrected chi connectivity index (χ2v) is 10.0. The highest BCUT2D eigenvalue weighted by Crippen LogP contribution is 2.22. The van der Waals surface area contributed by atoms with Crippen molar-refractivity contribution in [3.8, 4) is 0 Å². The Balaban J connectivity index is 1.71. The molecule has 1 aromatic carbocycles. The van der Waals surface area contributed by atoms with Crippen molar-refractivity contribution in [1.82, 2.24) is 4.57 Å². The van der Waals surface area contributed by atoms with Gasteiger partial charge in [-0.25, -0.2) is 0 Å². The molecule has 2 atom stereocenters. The molecule has 1 aromatic heterocycles. The molecule has 3 heteroatoms. The molecule has 1 heterocycles. The molecule has 160 valence electrons. The van der Waals surface area contributed by atoms with Crippen LogP contribution < -0.4 is 4.90 Å². The minimum atomic E-state index is -0.194. The van der Waals surface area contributed by atoms with Gasteiger partial charge in [0.25, 0.3) is 0 Å². The number of benzene rings is 1. The molecule has 0 aliphatic heterocycles. The number of nitrogens with one attached hydrogen (secondary N) is 1. The standard InChI is InChI=1S/C26H40N2O/c1-5-25(29)20-28(23-10-7-6-8-11-23)19-24-12-9-17-27(24)18-21-13-15-22(16-14-21)26(2,3)4/h9,12-17,23,25,29H,5-8,10-11,18-20H2,1-4H3/p+1/t25-/m0/s1. The van der Waals surface area contributed by atoms with Gasteiger partial charge in [0, 0.05) is 12.7 Å². The van der Waals surface area contributed by atoms with Gasteiger partial charge in [-0.1, -0.05) is 58.4 Å². The van der Waals surface area contributed by atoms with Crippen molar-refractivity contribution in [3.63, 3.8) is 0 Å². The molecule has 0 saturated heterocycles. The average molecular weight is 398 g/mol. The average Bonchev–Trinajstić information content (AvgIpc) is 3.14. The minimum Gasteiger partial charge on any atom is -0.387 e. The number of nitrogens with zero attached hydrogens (tertiary/aromatic N) is 1. The molecular formula is C26H41N2O+. The summed E-state index contributed by atoms with van der Waals surface area (Å²) >= 11 is 0. The highest BCUT2D eigenvalue weighted by atomic mass is 16.3. The topological polar surface area (TPSA) is 29.6 Å². The third-order valence-electron chi connectivity index (χ3n) is 6.66. The predicted octanol–water partition coefficient (Wildman–Crippen LogP) is 4.32. The Bertz CT molecular complexity index is 735. The molecule has 3 rings (SSSR count). The molecule has 1 unspecified atom stereocenters. The van der Waals surface area contributed by atoms with E-state index in [2.05, 4.69) is 74.9 Å². The maximum atomic E-state index is 10.4. The lowest BCUT2D eigenvalue weighted by Crippen LogP contribution is -3.15. The second kappa shape index (κ2) is 9.95. The van der Waals surface area contributed by atoms with Crippen LogP contribution in [0.25, 0.3) is 0 Å². The molecule has 0 radical (unpaired) electrons. The van der Waals surface area contributed by atoms with Crippen molar-refractivity contribution < 1.29 is 10.0 Å². The minimum absolute atomic E-state index is 0.194. The third kappa shape index (κ3) is 6.20. The Morgan fingerprint density at radius 3 is 2.38 bits per heavy atom. The van der Waals surface area contributed by atoms with Crippen LogP contribution in [0, 0.1) is 0 Å². The fraction of sp³-hybridized carbons (Fsp3) is 0.615. The van der Waals surface area contributed by atoms with Crippen LogP contribution in [0.4, 0.5) is 0 Å². The summed E-state index contributed by atoms with van der Waals surface area (Å²) in [5, 5.41) is 10.4. The summed E-state index contributed by atoms with van der Waals surface area (Å²) in [6.45, 7) is 11.7. The first-order valence-electron chi connectivity index (χ1n) is 11.6. The summed E-state index contributed by atoms with van der Waals surface area (Å²) < 4.78 is 2.40. The van der Waals surface area contributed by atoms with Gasteiger partial charge >= 0.3 is 0 Å². The molecule has 2 aromatic rings. The van der Waals surface area contributed by atoms with Crippen LogP contribution in [0.15, 0.2) is 42.6 Å². The van der Waals surface area contributed by atoms with Gasteiger partial charge in [-0.15, -0.1) is 0 Å². The summed E-state index contributed by atoms with van der Waals surface area (Å²) in [5.74, 6) is 0. The third-order valence-corrected chi connectivity index (χ3v) is 6.66. The maximum Gasteiger partial charge on any atom is 0.118 e. The van der Waals surface area contributed by atoms with Gasteiger partial charge in [-0.3, -0.25) is 0 Å². The molecule has 0 amide bonds. The number of quaternary nitrogens is 1. The highest BCUT2D eigenvalue weighted by Gasteiger charge is 2.27. The molecule has 1 saturated carbocycles. The summed E-state index contributed by atoms with van der Waals surface area (Å²) in [6, 6.07) is 14.2. The number of aromatic nitrogens is 1. The monoisotopic (exact) mass is 397 g/mol. The normalized spacial score (nSPS) is 18.0. The van der Waals surface area contributed by atoms with E-state index in [0.29, 0.717) is 6.04 Å². The zero-order chi connectivity index (χ0) is 20.9. The first-order chi connectivity index (χ1) is 13.9. The molecule has 1 aliphatic rings. The van der Waals surface area contributed by atoms with Crippen molar-refractivity contribution in [1.29, 1.82) is 0 Å². The molecular weight excluding hydrogens is 356 g/mol. The lowest BCUT2D eigenvalue weighted by Gasteiger charge is -2.33. The Labute approximate surface area is 177 Å². The van der Waals surface area contributed by atoms with Crippen LogP contribution in [0.2, 0.25) is 0 Å². The molecule has 0 bridgehead atoms. The predicted molar refractivity (Wildman–Crippen MR) is 121 cm³/mol. The number of hydrogen-bond acceptors (Lipinski definition) is 1. The molecule has 0 spiro atoms. The van der Waals surface area contributed by atoms with E-state index >= 15 is 0 Å². The van der Waals surface area contributed by atoms with Crippen LogP contribution in [0.5, 0.6) is 0 Å². The van der Waals surface area contributed by atoms with Crippen molar-refractivity contribution in [2.75, 3.05) is 6.54 Å². The van der Waals surface area contributed by atoms with E-state index in [1.54, 1.807) is 4.90 Å². The molecule has 2 N–H and O–H groups in total. The molecule has 3 nitrogen and oxygen atoms in total. The van der Waals surface area contributed by atoms with E-state index in [-0.39, 0.29) is 11.5 Å². The van der Waals surface area contributed by atoms with Crippen LogP contribution in [-0.4, -0.2) is 28.4 Å². The first-order valence-corrected chi connectivity index (χ1v) is 11.6. The van der Waals surface area contributed by atoms with Crippen molar-refractivity contribution >= 4 is 0 Å². The van der Waals surface area contributed by atoms with Crippen LogP contribution in [0.1, 0.15) is 83.0 Å². The van der Waals surface area contributed by atoms with Gasteiger partial charge in [-0.05, 0) is 60.8 Å². The highest BCUT2D eigenvalue weighted by molar-refractivity contribution is 5.28. The van der Waals surface area contributed by atoms with Gasteiger partial charge in [0.2, 0.25) is 0 Å². The molecule has 1 fully saturated rings. The Morgan fingerprint density at radius 1 is 1.07 bits per heavy atom. The smallest absolute Gasteiger partial charge is 0.118 e. The lowest BCUT2D eigenvalue weighted by molar-refractivity contribution is -0.943. The fourth-order valence-corrected chi connectivity index (χ4v) is 4.64. The van der Waals surface area contributed by atoms with Crippen molar-refractivity contribution in [2.45, 2.75) is 96.9 Å². The molecule has 1 aliphatic carbocycles. The van der Waals surface area contributed by atoms with Gasteiger partial charge in [0.1, 0.15) is 19.2 Å². The van der Waals surface area contributed by atoms with E-state index in [1.807, 2.05) is 0 Å². The number of aliphatic hydroxyl groups excluding tert-OH is 1. The number of rotatable bonds is 8. The Hall–Kier alpha value is -1.58. The fourth-order valence-electron chi connectivity index (χ4n) is 4.64. The van der Waals surface area contributed by atoms with Gasteiger partial charge < -0.3 is 14.6 Å². The van der Waals surface area contributed by atoms with Crippen molar-refractivity contribution in [3.05, 3.63) is 59.4 Å². The van der Waals surface area contributed by atoms with E-state index in [4.69, 9.17) is 0 Å². The van der Waals surface area contributed by atoms with Gasteiger partial charge in [0.15, 0.2) is 0 Å². The Kier molecular flexibility index (Phi) is 7.59. The second-order valence-electron chi connectivity index (χ2n) is 10.0. The van der Waals surface area contributed by atoms with E-state index in [9.17, 15) is 5.11 Å². The van der Waals surface area contributed by atoms with Crippen LogP contribution >= 0.6 is 0 Å². The Morgan fingerprint density at radius 2 is 1.76 bits per heavy atom. The lowest BCUT2D eigenvalue weighted by atomic mass is 9.87. The van der Waals surface area contributed by atoms with Gasteiger partial charge in [0.05, 0.1) is 11.7 Å². The quantitative estimate of drug-likeness (QED) is 0.682. The van der Waals surface area contributed by atoms with Crippen molar-refractivity contribution in [2.24, 2.45) is 0 Å². The summed E-state index contributed by atoms with van der Waals surface area (Å²) in [7, 11) is 0. The van der Waals surface area contributed by atoms with Crippen LogP contribution in [-0.2, 0) is 18.5 Å². The largest absolute Gasteiger partial charge is 0.387 e. The first kappa shape index (κ1) is 22.1. The maximum absolute atomic E-state index is 10.4. The molecule has 29 heavy (non-hydrogen) atoms. The van der Waals surface area contributed by atoms with Gasteiger partial charge in [-0.2, -0.15) is 0 Å². The van der Waals surface area contributed by atoms with E-state index in [0.717, 1.165) is 26.1 Å².